The van der Waals surface area contributed by atoms with Gasteiger partial charge in [-0.05, 0) is 23.3 Å². The highest BCUT2D eigenvalue weighted by Gasteiger charge is 1.97. The van der Waals surface area contributed by atoms with E-state index in [1.165, 1.54) is 0 Å². The van der Waals surface area contributed by atoms with E-state index in [0.717, 1.165) is 11.1 Å². The van der Waals surface area contributed by atoms with Gasteiger partial charge in [0.25, 0.3) is 0 Å². The van der Waals surface area contributed by atoms with Crippen LogP contribution in [0, 0.1) is 0 Å². The summed E-state index contributed by atoms with van der Waals surface area (Å²) in [6.07, 6.45) is 1.77. The molecule has 0 aliphatic carbocycles. The van der Waals surface area contributed by atoms with Gasteiger partial charge < -0.3 is 0 Å². The van der Waals surface area contributed by atoms with E-state index < -0.39 is 0 Å². The van der Waals surface area contributed by atoms with Gasteiger partial charge >= 0.3 is 0 Å². The third-order valence-corrected chi connectivity index (χ3v) is 2.11. The van der Waals surface area contributed by atoms with E-state index in [2.05, 4.69) is 6.58 Å². The lowest BCUT2D eigenvalue weighted by molar-refractivity contribution is 1.39. The molecule has 0 amide bonds. The molecule has 0 spiro atoms. The molecule has 1 aromatic rings. The van der Waals surface area contributed by atoms with Crippen molar-refractivity contribution in [2.75, 3.05) is 0 Å². The second-order valence-corrected chi connectivity index (χ2v) is 2.86. The van der Waals surface area contributed by atoms with Crippen LogP contribution in [0.15, 0.2) is 24.8 Å². The van der Waals surface area contributed by atoms with Crippen LogP contribution in [0.3, 0.4) is 0 Å². The summed E-state index contributed by atoms with van der Waals surface area (Å²) in [5.41, 5.74) is 2.00. The number of benzene rings is 1. The number of halogens is 2. The molecule has 0 unspecified atom stereocenters. The summed E-state index contributed by atoms with van der Waals surface area (Å²) in [5, 5.41) is 0.714. The highest BCUT2D eigenvalue weighted by Crippen LogP contribution is 2.19. The Bertz CT molecular complexity index is 266. The maximum absolute atomic E-state index is 5.83. The van der Waals surface area contributed by atoms with E-state index in [1.54, 1.807) is 6.08 Å². The highest BCUT2D eigenvalue weighted by atomic mass is 35.5. The van der Waals surface area contributed by atoms with Gasteiger partial charge in [-0.1, -0.05) is 30.3 Å². The Morgan fingerprint density at radius 3 is 2.73 bits per heavy atom. The Labute approximate surface area is 76.4 Å². The zero-order valence-electron chi connectivity index (χ0n) is 5.98. The van der Waals surface area contributed by atoms with Crippen molar-refractivity contribution in [3.8, 4) is 0 Å². The molecule has 0 aromatic heterocycles. The molecule has 0 radical (unpaired) electrons. The molecule has 0 fully saturated rings. The zero-order valence-corrected chi connectivity index (χ0v) is 7.49. The minimum absolute atomic E-state index is 0.445. The van der Waals surface area contributed by atoms with Crippen molar-refractivity contribution in [2.45, 2.75) is 5.88 Å². The van der Waals surface area contributed by atoms with Gasteiger partial charge in [0.15, 0.2) is 0 Å². The molecule has 2 heteroatoms. The lowest BCUT2D eigenvalue weighted by atomic mass is 10.1. The van der Waals surface area contributed by atoms with E-state index in [9.17, 15) is 0 Å². The summed E-state index contributed by atoms with van der Waals surface area (Å²) in [5.74, 6) is 0.445. The molecule has 0 nitrogen and oxygen atoms in total. The van der Waals surface area contributed by atoms with Crippen LogP contribution in [0.5, 0.6) is 0 Å². The summed E-state index contributed by atoms with van der Waals surface area (Å²) in [6.45, 7) is 3.65. The Morgan fingerprint density at radius 1 is 1.45 bits per heavy atom. The van der Waals surface area contributed by atoms with Crippen LogP contribution in [-0.2, 0) is 5.88 Å². The van der Waals surface area contributed by atoms with E-state index >= 15 is 0 Å². The van der Waals surface area contributed by atoms with Gasteiger partial charge in [0.05, 0.1) is 0 Å². The second kappa shape index (κ2) is 3.80. The monoisotopic (exact) mass is 186 g/mol. The fraction of sp³-hybridized carbons (Fsp3) is 0.111. The number of rotatable bonds is 2. The first-order chi connectivity index (χ1) is 5.27. The number of hydrogen-bond acceptors (Lipinski definition) is 0. The van der Waals surface area contributed by atoms with E-state index in [4.69, 9.17) is 23.2 Å². The van der Waals surface area contributed by atoms with Crippen molar-refractivity contribution < 1.29 is 0 Å². The Balaban J connectivity index is 3.12. The molecule has 0 N–H and O–H groups in total. The van der Waals surface area contributed by atoms with Gasteiger partial charge in [0, 0.05) is 10.9 Å². The van der Waals surface area contributed by atoms with Gasteiger partial charge in [-0.3, -0.25) is 0 Å². The van der Waals surface area contributed by atoms with E-state index in [0.29, 0.717) is 10.9 Å². The van der Waals surface area contributed by atoms with Crippen LogP contribution in [0.4, 0.5) is 0 Å². The third-order valence-electron chi connectivity index (χ3n) is 1.45. The maximum Gasteiger partial charge on any atom is 0.0489 e. The lowest BCUT2D eigenvalue weighted by Crippen LogP contribution is -1.81. The SMILES string of the molecule is C=Cc1ccc(Cl)c(CCl)c1. The molecular formula is C9H8Cl2. The van der Waals surface area contributed by atoms with Crippen molar-refractivity contribution >= 4 is 29.3 Å². The summed E-state index contributed by atoms with van der Waals surface area (Å²) >= 11 is 11.5. The van der Waals surface area contributed by atoms with Gasteiger partial charge in [-0.25, -0.2) is 0 Å². The molecule has 0 heterocycles. The van der Waals surface area contributed by atoms with Crippen molar-refractivity contribution in [2.24, 2.45) is 0 Å². The fourth-order valence-electron chi connectivity index (χ4n) is 0.824. The zero-order chi connectivity index (χ0) is 8.27. The standard InChI is InChI=1S/C9H8Cl2/c1-2-7-3-4-9(11)8(5-7)6-10/h2-5H,1,6H2. The summed E-state index contributed by atoms with van der Waals surface area (Å²) in [7, 11) is 0. The Morgan fingerprint density at radius 2 is 2.18 bits per heavy atom. The number of hydrogen-bond donors (Lipinski definition) is 0. The minimum atomic E-state index is 0.445. The van der Waals surface area contributed by atoms with Crippen molar-refractivity contribution in [3.05, 3.63) is 40.9 Å². The maximum atomic E-state index is 5.83. The lowest BCUT2D eigenvalue weighted by Gasteiger charge is -2.00. The minimum Gasteiger partial charge on any atom is -0.121 e. The molecular weight excluding hydrogens is 179 g/mol. The molecule has 1 aromatic carbocycles. The molecule has 11 heavy (non-hydrogen) atoms. The molecule has 0 atom stereocenters. The molecule has 0 aliphatic heterocycles. The number of alkyl halides is 1. The second-order valence-electron chi connectivity index (χ2n) is 2.19. The Hall–Kier alpha value is -0.460. The normalized spacial score (nSPS) is 9.64. The average Bonchev–Trinajstić information content (AvgIpc) is 2.05. The van der Waals surface area contributed by atoms with Gasteiger partial charge in [0.2, 0.25) is 0 Å². The van der Waals surface area contributed by atoms with Crippen molar-refractivity contribution in [1.82, 2.24) is 0 Å². The first-order valence-corrected chi connectivity index (χ1v) is 4.16. The van der Waals surface area contributed by atoms with E-state index in [1.807, 2.05) is 18.2 Å². The largest absolute Gasteiger partial charge is 0.121 e. The molecule has 0 bridgehead atoms. The van der Waals surface area contributed by atoms with Gasteiger partial charge in [-0.2, -0.15) is 0 Å². The molecule has 0 saturated carbocycles. The van der Waals surface area contributed by atoms with Crippen LogP contribution < -0.4 is 0 Å². The first-order valence-electron chi connectivity index (χ1n) is 3.24. The smallest absolute Gasteiger partial charge is 0.0489 e. The topological polar surface area (TPSA) is 0 Å². The first kappa shape index (κ1) is 8.63. The highest BCUT2D eigenvalue weighted by molar-refractivity contribution is 6.32. The molecule has 1 rings (SSSR count). The molecule has 58 valence electrons. The predicted octanol–water partition coefficient (Wildman–Crippen LogP) is 3.72. The predicted molar refractivity (Wildman–Crippen MR) is 51.1 cm³/mol. The van der Waals surface area contributed by atoms with Crippen LogP contribution in [0.2, 0.25) is 5.02 Å². The van der Waals surface area contributed by atoms with Crippen molar-refractivity contribution in [1.29, 1.82) is 0 Å². The van der Waals surface area contributed by atoms with Crippen LogP contribution >= 0.6 is 23.2 Å². The summed E-state index contributed by atoms with van der Waals surface area (Å²) in [6, 6.07) is 5.67. The van der Waals surface area contributed by atoms with Crippen LogP contribution in [0.25, 0.3) is 6.08 Å². The molecule has 0 aliphatic rings. The van der Waals surface area contributed by atoms with Gasteiger partial charge in [-0.15, -0.1) is 11.6 Å². The van der Waals surface area contributed by atoms with Gasteiger partial charge in [0.1, 0.15) is 0 Å². The van der Waals surface area contributed by atoms with Crippen LogP contribution in [0.1, 0.15) is 11.1 Å². The third kappa shape index (κ3) is 1.98. The van der Waals surface area contributed by atoms with E-state index in [-0.39, 0.29) is 0 Å². The van der Waals surface area contributed by atoms with Crippen molar-refractivity contribution in [3.63, 3.8) is 0 Å². The summed E-state index contributed by atoms with van der Waals surface area (Å²) < 4.78 is 0. The quantitative estimate of drug-likeness (QED) is 0.619. The van der Waals surface area contributed by atoms with Crippen LogP contribution in [-0.4, -0.2) is 0 Å². The Kier molecular flexibility index (Phi) is 2.98. The summed E-state index contributed by atoms with van der Waals surface area (Å²) in [4.78, 5) is 0. The average molecular weight is 187 g/mol. The fourth-order valence-corrected chi connectivity index (χ4v) is 1.30. The molecule has 0 saturated heterocycles.